The predicted molar refractivity (Wildman–Crippen MR) is 169 cm³/mol. The Morgan fingerprint density at radius 1 is 0.538 bits per heavy atom. The van der Waals surface area contributed by atoms with Gasteiger partial charge >= 0.3 is 6.92 Å². The van der Waals surface area contributed by atoms with Gasteiger partial charge in [-0.2, -0.15) is 0 Å². The van der Waals surface area contributed by atoms with Crippen molar-refractivity contribution in [2.45, 2.75) is 39.6 Å². The van der Waals surface area contributed by atoms with Crippen LogP contribution in [0.15, 0.2) is 115 Å². The largest absolute Gasteiger partial charge is 0.426 e. The Kier molecular flexibility index (Phi) is 5.47. The highest BCUT2D eigenvalue weighted by Crippen LogP contribution is 2.46. The SMILES string of the molecule is CC1(C)CB(c2cccc(-c3c4ccccc4c(-c4ccc5ccccc5c4)c4ccccc34)c2)OC1(C)C. The molecule has 7 rings (SSSR count). The Balaban J connectivity index is 1.47. The van der Waals surface area contributed by atoms with Crippen LogP contribution in [-0.4, -0.2) is 12.5 Å². The first kappa shape index (κ1) is 24.2. The molecule has 0 N–H and O–H groups in total. The molecule has 1 nitrogen and oxygen atoms in total. The summed E-state index contributed by atoms with van der Waals surface area (Å²) in [6.07, 6.45) is 1.02. The van der Waals surface area contributed by atoms with E-state index in [4.69, 9.17) is 4.65 Å². The molecule has 0 amide bonds. The highest BCUT2D eigenvalue weighted by molar-refractivity contribution is 6.68. The zero-order chi connectivity index (χ0) is 26.8. The molecular formula is C37H33BO. The molecule has 0 atom stereocenters. The van der Waals surface area contributed by atoms with Crippen molar-refractivity contribution in [2.24, 2.45) is 5.41 Å². The fourth-order valence-electron chi connectivity index (χ4n) is 6.44. The summed E-state index contributed by atoms with van der Waals surface area (Å²) in [6, 6.07) is 42.3. The number of fused-ring (bicyclic) bond motifs is 3. The van der Waals surface area contributed by atoms with Gasteiger partial charge in [0.2, 0.25) is 0 Å². The van der Waals surface area contributed by atoms with Crippen LogP contribution in [-0.2, 0) is 4.65 Å². The van der Waals surface area contributed by atoms with Crippen LogP contribution in [0.1, 0.15) is 27.7 Å². The Labute approximate surface area is 231 Å². The van der Waals surface area contributed by atoms with Gasteiger partial charge < -0.3 is 4.65 Å². The molecule has 0 radical (unpaired) electrons. The second kappa shape index (κ2) is 8.83. The molecule has 0 bridgehead atoms. The van der Waals surface area contributed by atoms with E-state index in [-0.39, 0.29) is 17.9 Å². The highest BCUT2D eigenvalue weighted by Gasteiger charge is 2.49. The van der Waals surface area contributed by atoms with Gasteiger partial charge in [0.1, 0.15) is 0 Å². The van der Waals surface area contributed by atoms with Gasteiger partial charge in [-0.25, -0.2) is 0 Å². The quantitative estimate of drug-likeness (QED) is 0.172. The lowest BCUT2D eigenvalue weighted by Gasteiger charge is -2.34. The standard InChI is InChI=1S/C37H33BO/c1-36(2)24-38(39-37(36,3)4)29-15-11-14-27(23-29)34-30-16-7-9-18-32(30)35(33-19-10-8-17-31(33)34)28-21-20-25-12-5-6-13-26(25)22-28/h5-23H,24H2,1-4H3. The lowest BCUT2D eigenvalue weighted by atomic mass is 9.54. The fourth-order valence-corrected chi connectivity index (χ4v) is 6.44. The maximum Gasteiger partial charge on any atom is 0.327 e. The summed E-state index contributed by atoms with van der Waals surface area (Å²) in [5, 5.41) is 7.66. The van der Waals surface area contributed by atoms with E-state index in [0.717, 1.165) is 6.32 Å². The number of hydrogen-bond donors (Lipinski definition) is 0. The summed E-state index contributed by atoms with van der Waals surface area (Å²) >= 11 is 0. The number of rotatable bonds is 3. The minimum Gasteiger partial charge on any atom is -0.426 e. The molecule has 0 aliphatic carbocycles. The molecule has 0 spiro atoms. The number of benzene rings is 6. The summed E-state index contributed by atoms with van der Waals surface area (Å²) in [5.41, 5.74) is 6.32. The van der Waals surface area contributed by atoms with E-state index < -0.39 is 0 Å². The maximum absolute atomic E-state index is 6.63. The van der Waals surface area contributed by atoms with Crippen molar-refractivity contribution < 1.29 is 4.65 Å². The van der Waals surface area contributed by atoms with E-state index in [1.807, 2.05) is 0 Å². The van der Waals surface area contributed by atoms with Crippen LogP contribution in [0.2, 0.25) is 6.32 Å². The molecule has 1 fully saturated rings. The predicted octanol–water partition coefficient (Wildman–Crippen LogP) is 9.51. The molecule has 0 saturated carbocycles. The summed E-state index contributed by atoms with van der Waals surface area (Å²) < 4.78 is 6.63. The fraction of sp³-hybridized carbons (Fsp3) is 0.189. The van der Waals surface area contributed by atoms with E-state index in [1.54, 1.807) is 0 Å². The molecule has 39 heavy (non-hydrogen) atoms. The first-order chi connectivity index (χ1) is 18.8. The van der Waals surface area contributed by atoms with Gasteiger partial charge in [0.15, 0.2) is 0 Å². The topological polar surface area (TPSA) is 9.23 Å². The van der Waals surface area contributed by atoms with Crippen molar-refractivity contribution >= 4 is 44.7 Å². The van der Waals surface area contributed by atoms with Gasteiger partial charge in [-0.3, -0.25) is 0 Å². The van der Waals surface area contributed by atoms with E-state index >= 15 is 0 Å². The average molecular weight is 504 g/mol. The first-order valence-corrected chi connectivity index (χ1v) is 14.0. The van der Waals surface area contributed by atoms with Crippen LogP contribution in [0.5, 0.6) is 0 Å². The molecule has 0 unspecified atom stereocenters. The lowest BCUT2D eigenvalue weighted by molar-refractivity contribution is 0.0375. The second-order valence-electron chi connectivity index (χ2n) is 12.2. The second-order valence-corrected chi connectivity index (χ2v) is 12.2. The smallest absolute Gasteiger partial charge is 0.327 e. The van der Waals surface area contributed by atoms with E-state index in [2.05, 4.69) is 143 Å². The van der Waals surface area contributed by atoms with Crippen molar-refractivity contribution in [3.8, 4) is 22.3 Å². The Bertz CT molecular complexity index is 1810. The minimum atomic E-state index is -0.158. The zero-order valence-electron chi connectivity index (χ0n) is 23.2. The molecule has 1 saturated heterocycles. The van der Waals surface area contributed by atoms with Crippen molar-refractivity contribution in [3.05, 3.63) is 115 Å². The third-order valence-electron chi connectivity index (χ3n) is 9.28. The molecular weight excluding hydrogens is 471 g/mol. The van der Waals surface area contributed by atoms with Crippen molar-refractivity contribution in [2.75, 3.05) is 0 Å². The summed E-state index contributed by atoms with van der Waals surface area (Å²) in [5.74, 6) is 0. The summed E-state index contributed by atoms with van der Waals surface area (Å²) in [7, 11) is 0. The Morgan fingerprint density at radius 3 is 1.64 bits per heavy atom. The summed E-state index contributed by atoms with van der Waals surface area (Å²) in [4.78, 5) is 0. The Hall–Kier alpha value is -3.88. The lowest BCUT2D eigenvalue weighted by Crippen LogP contribution is -2.36. The van der Waals surface area contributed by atoms with Gasteiger partial charge in [-0.1, -0.05) is 123 Å². The molecule has 0 aromatic heterocycles. The minimum absolute atomic E-state index is 0.101. The van der Waals surface area contributed by atoms with Gasteiger partial charge in [-0.05, 0) is 91.7 Å². The van der Waals surface area contributed by atoms with E-state index in [9.17, 15) is 0 Å². The Morgan fingerprint density at radius 2 is 1.08 bits per heavy atom. The van der Waals surface area contributed by atoms with Crippen LogP contribution in [0.25, 0.3) is 54.6 Å². The maximum atomic E-state index is 6.63. The third-order valence-corrected chi connectivity index (χ3v) is 9.28. The van der Waals surface area contributed by atoms with Gasteiger partial charge in [0.25, 0.3) is 0 Å². The van der Waals surface area contributed by atoms with Crippen LogP contribution in [0.3, 0.4) is 0 Å². The van der Waals surface area contributed by atoms with Gasteiger partial charge in [0, 0.05) is 0 Å². The highest BCUT2D eigenvalue weighted by atomic mass is 16.5. The first-order valence-electron chi connectivity index (χ1n) is 14.0. The molecule has 6 aromatic rings. The van der Waals surface area contributed by atoms with E-state index in [0.29, 0.717) is 0 Å². The van der Waals surface area contributed by atoms with Crippen LogP contribution < -0.4 is 5.46 Å². The van der Waals surface area contributed by atoms with Crippen LogP contribution in [0, 0.1) is 5.41 Å². The average Bonchev–Trinajstić information content (AvgIpc) is 3.17. The molecule has 6 aromatic carbocycles. The molecule has 1 aliphatic heterocycles. The zero-order valence-corrected chi connectivity index (χ0v) is 23.2. The van der Waals surface area contributed by atoms with Crippen molar-refractivity contribution in [3.63, 3.8) is 0 Å². The van der Waals surface area contributed by atoms with Crippen molar-refractivity contribution in [1.29, 1.82) is 0 Å². The van der Waals surface area contributed by atoms with Gasteiger partial charge in [-0.15, -0.1) is 0 Å². The van der Waals surface area contributed by atoms with Crippen molar-refractivity contribution in [1.82, 2.24) is 0 Å². The molecule has 190 valence electrons. The molecule has 2 heteroatoms. The normalized spacial score (nSPS) is 16.4. The monoisotopic (exact) mass is 504 g/mol. The summed E-state index contributed by atoms with van der Waals surface area (Å²) in [6.45, 7) is 9.20. The van der Waals surface area contributed by atoms with E-state index in [1.165, 1.54) is 60.0 Å². The molecule has 1 aliphatic rings. The third kappa shape index (κ3) is 3.89. The number of hydrogen-bond acceptors (Lipinski definition) is 1. The molecule has 1 heterocycles. The van der Waals surface area contributed by atoms with Gasteiger partial charge in [0.05, 0.1) is 5.60 Å². The van der Waals surface area contributed by atoms with Crippen LogP contribution in [0.4, 0.5) is 0 Å². The van der Waals surface area contributed by atoms with Crippen LogP contribution >= 0.6 is 0 Å².